The average Bonchev–Trinajstić information content (AvgIpc) is 3.17. The van der Waals surface area contributed by atoms with Crippen molar-refractivity contribution in [1.82, 2.24) is 0 Å². The van der Waals surface area contributed by atoms with Crippen LogP contribution in [0.5, 0.6) is 0 Å². The molecular formula is C16H13ClFNO4S. The van der Waals surface area contributed by atoms with Gasteiger partial charge in [-0.2, -0.15) is 0 Å². The van der Waals surface area contributed by atoms with Crippen LogP contribution in [-0.4, -0.2) is 30.3 Å². The summed E-state index contributed by atoms with van der Waals surface area (Å²) in [5.41, 5.74) is 4.12. The maximum Gasteiger partial charge on any atom is 0.325 e. The highest BCUT2D eigenvalue weighted by atomic mass is 35.5. The second-order valence-electron chi connectivity index (χ2n) is 5.69. The van der Waals surface area contributed by atoms with Gasteiger partial charge in [0.15, 0.2) is 9.84 Å². The number of hydrogen-bond acceptors (Lipinski definition) is 4. The molecule has 0 saturated heterocycles. The summed E-state index contributed by atoms with van der Waals surface area (Å²) in [5.74, 6) is -3.07. The van der Waals surface area contributed by atoms with Crippen LogP contribution in [-0.2, 0) is 14.6 Å². The zero-order valence-electron chi connectivity index (χ0n) is 12.2. The van der Waals surface area contributed by atoms with E-state index in [4.69, 9.17) is 17.3 Å². The number of halogens is 2. The van der Waals surface area contributed by atoms with Crippen molar-refractivity contribution in [2.45, 2.75) is 21.6 Å². The normalized spacial score (nSPS) is 26.1. The molecule has 0 aromatic heterocycles. The molecule has 3 atom stereocenters. The minimum absolute atomic E-state index is 0.0770. The summed E-state index contributed by atoms with van der Waals surface area (Å²) in [6.07, 6.45) is 0. The van der Waals surface area contributed by atoms with Crippen LogP contribution in [0.2, 0.25) is 5.02 Å². The van der Waals surface area contributed by atoms with E-state index in [1.807, 2.05) is 0 Å². The van der Waals surface area contributed by atoms with Gasteiger partial charge >= 0.3 is 5.97 Å². The first-order valence-corrected chi connectivity index (χ1v) is 8.88. The Labute approximate surface area is 142 Å². The molecule has 0 spiro atoms. The Kier molecular flexibility index (Phi) is 3.90. The minimum atomic E-state index is -4.03. The molecule has 1 aliphatic carbocycles. The molecular weight excluding hydrogens is 357 g/mol. The van der Waals surface area contributed by atoms with Crippen LogP contribution in [0.25, 0.3) is 0 Å². The molecule has 2 aromatic rings. The Morgan fingerprint density at radius 1 is 1.21 bits per heavy atom. The number of carboxylic acids is 1. The first-order chi connectivity index (χ1) is 11.2. The molecule has 0 radical (unpaired) electrons. The van der Waals surface area contributed by atoms with Crippen molar-refractivity contribution in [3.63, 3.8) is 0 Å². The number of aliphatic carboxylic acids is 1. The molecule has 5 nitrogen and oxygen atoms in total. The smallest absolute Gasteiger partial charge is 0.325 e. The van der Waals surface area contributed by atoms with Gasteiger partial charge in [0.2, 0.25) is 0 Å². The van der Waals surface area contributed by atoms with E-state index in [9.17, 15) is 22.7 Å². The van der Waals surface area contributed by atoms with E-state index in [0.717, 1.165) is 6.07 Å². The highest BCUT2D eigenvalue weighted by molar-refractivity contribution is 7.92. The van der Waals surface area contributed by atoms with Gasteiger partial charge in [-0.25, -0.2) is 12.8 Å². The van der Waals surface area contributed by atoms with Crippen LogP contribution in [0, 0.1) is 5.82 Å². The monoisotopic (exact) mass is 369 g/mol. The molecule has 0 bridgehead atoms. The third-order valence-electron chi connectivity index (χ3n) is 4.23. The summed E-state index contributed by atoms with van der Waals surface area (Å²) in [6.45, 7) is 0. The van der Waals surface area contributed by atoms with Crippen molar-refractivity contribution >= 4 is 27.4 Å². The van der Waals surface area contributed by atoms with E-state index in [2.05, 4.69) is 0 Å². The number of benzene rings is 2. The number of nitrogens with two attached hydrogens (primary N) is 1. The standard InChI is InChI=1S/C16H13ClFNO4S/c17-10-4-6-12(7-5-10)24(22,23)14-13(16(14,19)15(20)21)9-2-1-3-11(18)8-9/h1-8,13-14H,19H2,(H,20,21)/t13-,14-,16-/m0/s1. The fourth-order valence-electron chi connectivity index (χ4n) is 2.99. The highest BCUT2D eigenvalue weighted by Gasteiger charge is 2.74. The Bertz CT molecular complexity index is 916. The summed E-state index contributed by atoms with van der Waals surface area (Å²) in [6, 6.07) is 10.5. The molecule has 8 heteroatoms. The predicted octanol–water partition coefficient (Wildman–Crippen LogP) is 2.20. The van der Waals surface area contributed by atoms with Crippen molar-refractivity contribution in [2.75, 3.05) is 0 Å². The largest absolute Gasteiger partial charge is 0.480 e. The van der Waals surface area contributed by atoms with Crippen LogP contribution in [0.3, 0.4) is 0 Å². The van der Waals surface area contributed by atoms with E-state index in [1.54, 1.807) is 0 Å². The summed E-state index contributed by atoms with van der Waals surface area (Å²) >= 11 is 5.75. The number of hydrogen-bond donors (Lipinski definition) is 2. The maximum atomic E-state index is 13.4. The fraction of sp³-hybridized carbons (Fsp3) is 0.188. The third-order valence-corrected chi connectivity index (χ3v) is 6.75. The van der Waals surface area contributed by atoms with E-state index < -0.39 is 38.3 Å². The van der Waals surface area contributed by atoms with Crippen LogP contribution >= 0.6 is 11.6 Å². The number of sulfone groups is 1. The fourth-order valence-corrected chi connectivity index (χ4v) is 5.34. The molecule has 1 aliphatic rings. The molecule has 0 aliphatic heterocycles. The molecule has 1 saturated carbocycles. The van der Waals surface area contributed by atoms with Gasteiger partial charge in [0.05, 0.1) is 4.90 Å². The molecule has 3 N–H and O–H groups in total. The summed E-state index contributed by atoms with van der Waals surface area (Å²) in [4.78, 5) is 11.5. The second kappa shape index (κ2) is 5.54. The van der Waals surface area contributed by atoms with E-state index >= 15 is 0 Å². The summed E-state index contributed by atoms with van der Waals surface area (Å²) in [5, 5.41) is 8.40. The van der Waals surface area contributed by atoms with Gasteiger partial charge in [-0.15, -0.1) is 0 Å². The Morgan fingerprint density at radius 3 is 2.38 bits per heavy atom. The van der Waals surface area contributed by atoms with Crippen molar-refractivity contribution in [2.24, 2.45) is 5.73 Å². The Balaban J connectivity index is 2.08. The van der Waals surface area contributed by atoms with E-state index in [0.29, 0.717) is 5.02 Å². The average molecular weight is 370 g/mol. The van der Waals surface area contributed by atoms with Crippen molar-refractivity contribution in [1.29, 1.82) is 0 Å². The maximum absolute atomic E-state index is 13.4. The first kappa shape index (κ1) is 16.9. The number of carboxylic acid groups (broad SMARTS) is 1. The molecule has 126 valence electrons. The van der Waals surface area contributed by atoms with Crippen molar-refractivity contribution in [3.8, 4) is 0 Å². The lowest BCUT2D eigenvalue weighted by atomic mass is 10.1. The second-order valence-corrected chi connectivity index (χ2v) is 8.20. The summed E-state index contributed by atoms with van der Waals surface area (Å²) in [7, 11) is -4.03. The zero-order chi connectivity index (χ0) is 17.7. The Morgan fingerprint density at radius 2 is 1.83 bits per heavy atom. The lowest BCUT2D eigenvalue weighted by molar-refractivity contribution is -0.139. The van der Waals surface area contributed by atoms with Crippen LogP contribution in [0.1, 0.15) is 11.5 Å². The predicted molar refractivity (Wildman–Crippen MR) is 86.1 cm³/mol. The molecule has 0 unspecified atom stereocenters. The van der Waals surface area contributed by atoms with Crippen molar-refractivity contribution in [3.05, 3.63) is 64.9 Å². The lowest BCUT2D eigenvalue weighted by Crippen LogP contribution is -2.39. The van der Waals surface area contributed by atoms with Gasteiger partial charge in [-0.05, 0) is 42.0 Å². The van der Waals surface area contributed by atoms with Crippen molar-refractivity contribution < 1.29 is 22.7 Å². The molecule has 3 rings (SSSR count). The van der Waals surface area contributed by atoms with Gasteiger partial charge in [-0.1, -0.05) is 23.7 Å². The molecule has 0 amide bonds. The van der Waals surface area contributed by atoms with Crippen LogP contribution < -0.4 is 5.73 Å². The van der Waals surface area contributed by atoms with Gasteiger partial charge in [0.1, 0.15) is 16.6 Å². The third kappa shape index (κ3) is 2.49. The van der Waals surface area contributed by atoms with E-state index in [1.165, 1.54) is 42.5 Å². The molecule has 1 fully saturated rings. The topological polar surface area (TPSA) is 97.5 Å². The number of rotatable bonds is 4. The minimum Gasteiger partial charge on any atom is -0.480 e. The van der Waals surface area contributed by atoms with Gasteiger partial charge < -0.3 is 10.8 Å². The molecule has 2 aromatic carbocycles. The SMILES string of the molecule is N[C@@]1(C(=O)O)[C@@H](c2cccc(F)c2)[C@@H]1S(=O)(=O)c1ccc(Cl)cc1. The number of carbonyl (C=O) groups is 1. The zero-order valence-corrected chi connectivity index (χ0v) is 13.8. The van der Waals surface area contributed by atoms with Gasteiger partial charge in [0.25, 0.3) is 0 Å². The lowest BCUT2D eigenvalue weighted by Gasteiger charge is -2.06. The highest BCUT2D eigenvalue weighted by Crippen LogP contribution is 2.55. The van der Waals surface area contributed by atoms with Gasteiger partial charge in [0, 0.05) is 10.9 Å². The van der Waals surface area contributed by atoms with Crippen LogP contribution in [0.4, 0.5) is 4.39 Å². The summed E-state index contributed by atoms with van der Waals surface area (Å²) < 4.78 is 39.1. The first-order valence-electron chi connectivity index (χ1n) is 6.96. The van der Waals surface area contributed by atoms with Crippen LogP contribution in [0.15, 0.2) is 53.4 Å². The Hall–Kier alpha value is -1.96. The molecule has 24 heavy (non-hydrogen) atoms. The molecule has 0 heterocycles. The van der Waals surface area contributed by atoms with E-state index in [-0.39, 0.29) is 10.5 Å². The quantitative estimate of drug-likeness (QED) is 0.861. The van der Waals surface area contributed by atoms with Gasteiger partial charge in [-0.3, -0.25) is 4.79 Å².